The first kappa shape index (κ1) is 15.1. The lowest BCUT2D eigenvalue weighted by Crippen LogP contribution is -1.89. The average molecular weight is 356 g/mol. The molecule has 6 heteroatoms. The van der Waals surface area contributed by atoms with Crippen molar-refractivity contribution in [1.29, 1.82) is 0 Å². The summed E-state index contributed by atoms with van der Waals surface area (Å²) in [7, 11) is 1.51. The quantitative estimate of drug-likeness (QED) is 0.549. The summed E-state index contributed by atoms with van der Waals surface area (Å²) in [5.41, 5.74) is 1.15. The van der Waals surface area contributed by atoms with Gasteiger partial charge < -0.3 is 4.74 Å². The number of benzene rings is 2. The third kappa shape index (κ3) is 2.91. The molecule has 0 aromatic heterocycles. The monoisotopic (exact) mass is 354 g/mol. The Hall–Kier alpha value is -0.310. The molecule has 0 fully saturated rings. The maximum absolute atomic E-state index is 6.21. The van der Waals surface area contributed by atoms with Crippen LogP contribution in [0.2, 0.25) is 25.1 Å². The van der Waals surface area contributed by atoms with Gasteiger partial charge in [-0.05, 0) is 18.2 Å². The van der Waals surface area contributed by atoms with E-state index >= 15 is 0 Å². The Balaban J connectivity index is 2.73. The van der Waals surface area contributed by atoms with E-state index in [0.29, 0.717) is 42.0 Å². The molecule has 0 unspecified atom stereocenters. The minimum Gasteiger partial charge on any atom is -0.495 e. The zero-order chi connectivity index (χ0) is 14.2. The van der Waals surface area contributed by atoms with E-state index in [1.54, 1.807) is 24.3 Å². The van der Waals surface area contributed by atoms with Gasteiger partial charge in [-0.15, -0.1) is 0 Å². The molecule has 0 radical (unpaired) electrons. The summed E-state index contributed by atoms with van der Waals surface area (Å²) in [6.45, 7) is 0. The first-order chi connectivity index (χ1) is 8.95. The first-order valence-corrected chi connectivity index (χ1v) is 7.01. The highest BCUT2D eigenvalue weighted by Crippen LogP contribution is 2.44. The average Bonchev–Trinajstić information content (AvgIpc) is 2.38. The number of methoxy groups -OCH3 is 1. The van der Waals surface area contributed by atoms with E-state index in [-0.39, 0.29) is 0 Å². The molecule has 0 amide bonds. The second-order valence-corrected chi connectivity index (χ2v) is 5.69. The fraction of sp³-hybridized carbons (Fsp3) is 0.0769. The standard InChI is InChI=1S/C13H7Cl5O/c1-19-11-5-9(16)6(4-10(11)17)12-7(14)2-3-8(15)13(12)18/h2-5H,1H3. The number of hydrogen-bond acceptors (Lipinski definition) is 1. The molecule has 100 valence electrons. The van der Waals surface area contributed by atoms with Crippen LogP contribution >= 0.6 is 58.0 Å². The van der Waals surface area contributed by atoms with Crippen LogP contribution in [-0.4, -0.2) is 7.11 Å². The fourth-order valence-corrected chi connectivity index (χ4v) is 2.87. The summed E-state index contributed by atoms with van der Waals surface area (Å²) in [4.78, 5) is 0. The van der Waals surface area contributed by atoms with Gasteiger partial charge in [-0.25, -0.2) is 0 Å². The zero-order valence-corrected chi connectivity index (χ0v) is 13.4. The van der Waals surface area contributed by atoms with E-state index in [4.69, 9.17) is 62.7 Å². The lowest BCUT2D eigenvalue weighted by molar-refractivity contribution is 0.415. The molecule has 0 aliphatic heterocycles. The predicted molar refractivity (Wildman–Crippen MR) is 83.5 cm³/mol. The van der Waals surface area contributed by atoms with Gasteiger partial charge >= 0.3 is 0 Å². The molecule has 2 rings (SSSR count). The van der Waals surface area contributed by atoms with Crippen LogP contribution in [0.1, 0.15) is 0 Å². The highest BCUT2D eigenvalue weighted by Gasteiger charge is 2.17. The summed E-state index contributed by atoms with van der Waals surface area (Å²) in [5.74, 6) is 0.477. The Morgan fingerprint density at radius 3 is 2.05 bits per heavy atom. The van der Waals surface area contributed by atoms with Crippen molar-refractivity contribution in [1.82, 2.24) is 0 Å². The molecule has 0 aliphatic rings. The Labute approximate surface area is 135 Å². The Morgan fingerprint density at radius 1 is 0.789 bits per heavy atom. The van der Waals surface area contributed by atoms with Gasteiger partial charge in [0.2, 0.25) is 0 Å². The number of ether oxygens (including phenoxy) is 1. The van der Waals surface area contributed by atoms with Crippen molar-refractivity contribution >= 4 is 58.0 Å². The SMILES string of the molecule is COc1cc(Cl)c(-c2c(Cl)ccc(Cl)c2Cl)cc1Cl. The van der Waals surface area contributed by atoms with Gasteiger partial charge in [-0.3, -0.25) is 0 Å². The van der Waals surface area contributed by atoms with E-state index in [9.17, 15) is 0 Å². The van der Waals surface area contributed by atoms with Crippen LogP contribution in [0.5, 0.6) is 5.75 Å². The van der Waals surface area contributed by atoms with E-state index < -0.39 is 0 Å². The molecule has 19 heavy (non-hydrogen) atoms. The topological polar surface area (TPSA) is 9.23 Å². The van der Waals surface area contributed by atoms with Crippen molar-refractivity contribution in [3.63, 3.8) is 0 Å². The number of halogens is 5. The molecule has 2 aromatic carbocycles. The maximum atomic E-state index is 6.21. The summed E-state index contributed by atoms with van der Waals surface area (Å²) in [6.07, 6.45) is 0. The van der Waals surface area contributed by atoms with E-state index in [1.807, 2.05) is 0 Å². The van der Waals surface area contributed by atoms with Gasteiger partial charge in [0.25, 0.3) is 0 Å². The molecule has 0 N–H and O–H groups in total. The number of hydrogen-bond donors (Lipinski definition) is 0. The molecule has 0 aliphatic carbocycles. The second-order valence-electron chi connectivity index (χ2n) is 3.68. The molecule has 0 saturated carbocycles. The Morgan fingerprint density at radius 2 is 1.42 bits per heavy atom. The third-order valence-electron chi connectivity index (χ3n) is 2.55. The van der Waals surface area contributed by atoms with Crippen molar-refractivity contribution in [3.8, 4) is 16.9 Å². The van der Waals surface area contributed by atoms with E-state index in [0.717, 1.165) is 0 Å². The van der Waals surface area contributed by atoms with Gasteiger partial charge in [0.1, 0.15) is 5.75 Å². The fourth-order valence-electron chi connectivity index (χ4n) is 1.65. The summed E-state index contributed by atoms with van der Waals surface area (Å²) in [5, 5.41) is 2.00. The largest absolute Gasteiger partial charge is 0.495 e. The summed E-state index contributed by atoms with van der Waals surface area (Å²) < 4.78 is 5.09. The highest BCUT2D eigenvalue weighted by atomic mass is 35.5. The molecular formula is C13H7Cl5O. The molecule has 1 nitrogen and oxygen atoms in total. The summed E-state index contributed by atoms with van der Waals surface area (Å²) >= 11 is 30.6. The molecule has 0 spiro atoms. The van der Waals surface area contributed by atoms with Crippen LogP contribution in [0, 0.1) is 0 Å². The van der Waals surface area contributed by atoms with Gasteiger partial charge in [0, 0.05) is 17.2 Å². The first-order valence-electron chi connectivity index (χ1n) is 5.12. The lowest BCUT2D eigenvalue weighted by atomic mass is 10.1. The van der Waals surface area contributed by atoms with Crippen LogP contribution < -0.4 is 4.74 Å². The number of rotatable bonds is 2. The van der Waals surface area contributed by atoms with Crippen LogP contribution in [0.3, 0.4) is 0 Å². The van der Waals surface area contributed by atoms with Crippen molar-refractivity contribution in [2.24, 2.45) is 0 Å². The molecular weight excluding hydrogens is 349 g/mol. The predicted octanol–water partition coefficient (Wildman–Crippen LogP) is 6.63. The van der Waals surface area contributed by atoms with Crippen molar-refractivity contribution in [3.05, 3.63) is 49.4 Å². The minimum absolute atomic E-state index is 0.331. The minimum atomic E-state index is 0.331. The van der Waals surface area contributed by atoms with Gasteiger partial charge in [0.15, 0.2) is 0 Å². The smallest absolute Gasteiger partial charge is 0.138 e. The van der Waals surface area contributed by atoms with E-state index in [2.05, 4.69) is 0 Å². The molecule has 0 saturated heterocycles. The molecule has 0 bridgehead atoms. The van der Waals surface area contributed by atoms with Crippen LogP contribution in [0.25, 0.3) is 11.1 Å². The third-order valence-corrected chi connectivity index (χ3v) is 4.28. The second kappa shape index (κ2) is 5.99. The van der Waals surface area contributed by atoms with Crippen molar-refractivity contribution in [2.45, 2.75) is 0 Å². The Bertz CT molecular complexity index is 639. The molecule has 2 aromatic rings. The maximum Gasteiger partial charge on any atom is 0.138 e. The van der Waals surface area contributed by atoms with Crippen LogP contribution in [-0.2, 0) is 0 Å². The van der Waals surface area contributed by atoms with Crippen molar-refractivity contribution < 1.29 is 4.74 Å². The van der Waals surface area contributed by atoms with Crippen molar-refractivity contribution in [2.75, 3.05) is 7.11 Å². The zero-order valence-electron chi connectivity index (χ0n) is 9.61. The van der Waals surface area contributed by atoms with E-state index in [1.165, 1.54) is 7.11 Å². The van der Waals surface area contributed by atoms with Gasteiger partial charge in [-0.2, -0.15) is 0 Å². The Kier molecular flexibility index (Phi) is 4.75. The van der Waals surface area contributed by atoms with Crippen LogP contribution in [0.4, 0.5) is 0 Å². The molecule has 0 heterocycles. The highest BCUT2D eigenvalue weighted by molar-refractivity contribution is 6.47. The van der Waals surface area contributed by atoms with Gasteiger partial charge in [-0.1, -0.05) is 58.0 Å². The summed E-state index contributed by atoms with van der Waals surface area (Å²) in [6, 6.07) is 6.52. The normalized spacial score (nSPS) is 10.6. The molecule has 0 atom stereocenters. The van der Waals surface area contributed by atoms with Gasteiger partial charge in [0.05, 0.1) is 32.2 Å². The lowest BCUT2D eigenvalue weighted by Gasteiger charge is -2.12. The van der Waals surface area contributed by atoms with Crippen LogP contribution in [0.15, 0.2) is 24.3 Å².